The molecule has 0 bridgehead atoms. The van der Waals surface area contributed by atoms with E-state index in [2.05, 4.69) is 34.9 Å². The molecule has 0 atom stereocenters. The van der Waals surface area contributed by atoms with Gasteiger partial charge in [0.1, 0.15) is 0 Å². The second-order valence-electron chi connectivity index (χ2n) is 4.98. The summed E-state index contributed by atoms with van der Waals surface area (Å²) < 4.78 is 0. The number of rotatable bonds is 5. The second kappa shape index (κ2) is 6.63. The van der Waals surface area contributed by atoms with E-state index in [1.165, 1.54) is 11.8 Å². The fraction of sp³-hybridized carbons (Fsp3) is 0.176. The lowest BCUT2D eigenvalue weighted by atomic mass is 9.96. The first kappa shape index (κ1) is 14.6. The van der Waals surface area contributed by atoms with Gasteiger partial charge in [-0.3, -0.25) is 4.98 Å². The molecule has 1 aliphatic carbocycles. The minimum Gasteiger partial charge on any atom is -0.384 e. The Kier molecular flexibility index (Phi) is 4.61. The predicted molar refractivity (Wildman–Crippen MR) is 88.6 cm³/mol. The van der Waals surface area contributed by atoms with Gasteiger partial charge in [0.2, 0.25) is 0 Å². The van der Waals surface area contributed by atoms with Crippen molar-refractivity contribution in [3.8, 4) is 0 Å². The molecule has 1 aliphatic rings. The van der Waals surface area contributed by atoms with Gasteiger partial charge in [0.05, 0.1) is 5.52 Å². The van der Waals surface area contributed by atoms with Crippen LogP contribution in [0.1, 0.15) is 0 Å². The summed E-state index contributed by atoms with van der Waals surface area (Å²) in [6.45, 7) is 1.68. The average molecular weight is 299 g/mol. The Morgan fingerprint density at radius 1 is 1.10 bits per heavy atom. The van der Waals surface area contributed by atoms with Gasteiger partial charge in [-0.05, 0) is 50.6 Å². The zero-order chi connectivity index (χ0) is 14.7. The molecule has 2 aromatic rings. The fourth-order valence-corrected chi connectivity index (χ4v) is 2.66. The van der Waals surface area contributed by atoms with Gasteiger partial charge in [0.25, 0.3) is 0 Å². The first-order valence-electron chi connectivity index (χ1n) is 6.94. The summed E-state index contributed by atoms with van der Waals surface area (Å²) in [5.41, 5.74) is 1.98. The number of halogens is 1. The number of benzene rings is 1. The van der Waals surface area contributed by atoms with Crippen LogP contribution in [-0.2, 0) is 0 Å². The Labute approximate surface area is 131 Å². The zero-order valence-electron chi connectivity index (χ0n) is 11.9. The average Bonchev–Trinajstić information content (AvgIpc) is 2.92. The third-order valence-corrected chi connectivity index (χ3v) is 3.78. The van der Waals surface area contributed by atoms with Crippen molar-refractivity contribution >= 4 is 28.2 Å². The molecular weight excluding hydrogens is 282 g/mol. The third-order valence-electron chi connectivity index (χ3n) is 3.55. The van der Waals surface area contributed by atoms with E-state index in [1.807, 2.05) is 31.3 Å². The van der Waals surface area contributed by atoms with Gasteiger partial charge in [-0.15, -0.1) is 0 Å². The number of aromatic nitrogens is 1. The zero-order valence-corrected chi connectivity index (χ0v) is 12.6. The van der Waals surface area contributed by atoms with Crippen molar-refractivity contribution in [1.29, 1.82) is 0 Å². The molecule has 1 fully saturated rings. The lowest BCUT2D eigenvalue weighted by molar-refractivity contribution is 0.802. The van der Waals surface area contributed by atoms with Crippen molar-refractivity contribution in [3.63, 3.8) is 0 Å². The van der Waals surface area contributed by atoms with Crippen LogP contribution >= 0.6 is 11.6 Å². The SMILES string of the molecule is CNC[C]1[CH][CH][CH][C]1CNc1ccnc2cc(Cl)ccc12. The van der Waals surface area contributed by atoms with Crippen molar-refractivity contribution < 1.29 is 0 Å². The van der Waals surface area contributed by atoms with Crippen molar-refractivity contribution in [2.75, 3.05) is 25.5 Å². The highest BCUT2D eigenvalue weighted by Crippen LogP contribution is 2.33. The van der Waals surface area contributed by atoms with E-state index >= 15 is 0 Å². The summed E-state index contributed by atoms with van der Waals surface area (Å²) in [6, 6.07) is 7.78. The number of hydrogen-bond acceptors (Lipinski definition) is 3. The van der Waals surface area contributed by atoms with Crippen molar-refractivity contribution in [2.24, 2.45) is 0 Å². The van der Waals surface area contributed by atoms with Crippen LogP contribution in [0.15, 0.2) is 30.5 Å². The van der Waals surface area contributed by atoms with Crippen LogP contribution in [0.2, 0.25) is 5.02 Å². The summed E-state index contributed by atoms with van der Waals surface area (Å²) >= 11 is 6.02. The second-order valence-corrected chi connectivity index (χ2v) is 5.42. The van der Waals surface area contributed by atoms with Crippen LogP contribution in [0.25, 0.3) is 10.9 Å². The standard InChI is InChI=1S/C17H17ClN3/c1-19-10-12-3-2-4-13(12)11-21-16-7-8-20-17-9-14(18)5-6-15(16)17/h2-9,19H,10-11H2,1H3,(H,20,21). The summed E-state index contributed by atoms with van der Waals surface area (Å²) in [4.78, 5) is 4.36. The van der Waals surface area contributed by atoms with E-state index in [0.29, 0.717) is 5.02 Å². The highest BCUT2D eigenvalue weighted by molar-refractivity contribution is 6.31. The van der Waals surface area contributed by atoms with E-state index < -0.39 is 0 Å². The molecule has 3 rings (SSSR count). The summed E-state index contributed by atoms with van der Waals surface area (Å²) in [6.07, 6.45) is 8.20. The van der Waals surface area contributed by atoms with Crippen LogP contribution < -0.4 is 10.6 Å². The van der Waals surface area contributed by atoms with Gasteiger partial charge in [-0.2, -0.15) is 0 Å². The number of fused-ring (bicyclic) bond motifs is 1. The van der Waals surface area contributed by atoms with Gasteiger partial charge >= 0.3 is 0 Å². The molecule has 4 heteroatoms. The quantitative estimate of drug-likeness (QED) is 0.889. The van der Waals surface area contributed by atoms with Crippen LogP contribution in [0.4, 0.5) is 5.69 Å². The Bertz CT molecular complexity index is 614. The lowest BCUT2D eigenvalue weighted by Gasteiger charge is -2.19. The van der Waals surface area contributed by atoms with Gasteiger partial charge in [-0.1, -0.05) is 11.6 Å². The van der Waals surface area contributed by atoms with Crippen LogP contribution in [0.5, 0.6) is 0 Å². The largest absolute Gasteiger partial charge is 0.384 e. The molecule has 0 unspecified atom stereocenters. The summed E-state index contributed by atoms with van der Waals surface area (Å²) in [5, 5.41) is 8.48. The molecule has 1 heterocycles. The smallest absolute Gasteiger partial charge is 0.0737 e. The van der Waals surface area contributed by atoms with E-state index in [4.69, 9.17) is 11.6 Å². The van der Waals surface area contributed by atoms with Crippen LogP contribution in [-0.4, -0.2) is 25.1 Å². The Balaban J connectivity index is 1.73. The number of nitrogens with one attached hydrogen (secondary N) is 2. The van der Waals surface area contributed by atoms with Gasteiger partial charge in [0, 0.05) is 47.2 Å². The molecular formula is C17H17ClN3. The molecule has 2 N–H and O–H groups in total. The molecule has 0 amide bonds. The maximum atomic E-state index is 6.02. The summed E-state index contributed by atoms with van der Waals surface area (Å²) in [5.74, 6) is 2.63. The maximum absolute atomic E-state index is 6.02. The van der Waals surface area contributed by atoms with Crippen LogP contribution in [0.3, 0.4) is 0 Å². The van der Waals surface area contributed by atoms with Crippen molar-refractivity contribution in [1.82, 2.24) is 10.3 Å². The molecule has 1 aromatic heterocycles. The van der Waals surface area contributed by atoms with Gasteiger partial charge in [-0.25, -0.2) is 0 Å². The van der Waals surface area contributed by atoms with Gasteiger partial charge < -0.3 is 10.6 Å². The van der Waals surface area contributed by atoms with E-state index in [1.54, 1.807) is 6.20 Å². The molecule has 0 spiro atoms. The first-order chi connectivity index (χ1) is 10.3. The molecule has 0 aliphatic heterocycles. The molecule has 1 aromatic carbocycles. The Morgan fingerprint density at radius 2 is 1.90 bits per heavy atom. The molecule has 107 valence electrons. The fourth-order valence-electron chi connectivity index (χ4n) is 2.50. The Hall–Kier alpha value is -1.32. The lowest BCUT2D eigenvalue weighted by Crippen LogP contribution is -2.23. The van der Waals surface area contributed by atoms with E-state index in [9.17, 15) is 0 Å². The first-order valence-corrected chi connectivity index (χ1v) is 7.32. The molecule has 1 saturated carbocycles. The van der Waals surface area contributed by atoms with Crippen molar-refractivity contribution in [3.05, 3.63) is 66.6 Å². The third kappa shape index (κ3) is 3.30. The molecule has 0 saturated heterocycles. The predicted octanol–water partition coefficient (Wildman–Crippen LogP) is 3.29. The highest BCUT2D eigenvalue weighted by atomic mass is 35.5. The number of nitrogens with zero attached hydrogens (tertiary/aromatic N) is 1. The van der Waals surface area contributed by atoms with Crippen molar-refractivity contribution in [2.45, 2.75) is 0 Å². The monoisotopic (exact) mass is 298 g/mol. The topological polar surface area (TPSA) is 37.0 Å². The molecule has 3 nitrogen and oxygen atoms in total. The molecule has 5 radical (unpaired) electrons. The van der Waals surface area contributed by atoms with E-state index in [0.717, 1.165) is 29.7 Å². The van der Waals surface area contributed by atoms with E-state index in [-0.39, 0.29) is 0 Å². The Morgan fingerprint density at radius 3 is 2.71 bits per heavy atom. The normalized spacial score (nSPS) is 16.7. The maximum Gasteiger partial charge on any atom is 0.0737 e. The number of pyridine rings is 1. The number of hydrogen-bond donors (Lipinski definition) is 2. The highest BCUT2D eigenvalue weighted by Gasteiger charge is 2.28. The van der Waals surface area contributed by atoms with Crippen LogP contribution in [0, 0.1) is 31.1 Å². The van der Waals surface area contributed by atoms with Gasteiger partial charge in [0.15, 0.2) is 0 Å². The molecule has 21 heavy (non-hydrogen) atoms. The minimum atomic E-state index is 0.708. The minimum absolute atomic E-state index is 0.708. The number of anilines is 1. The summed E-state index contributed by atoms with van der Waals surface area (Å²) in [7, 11) is 1.96.